The molecule has 0 aromatic carbocycles. The topological polar surface area (TPSA) is 78.1 Å². The fourth-order valence-electron chi connectivity index (χ4n) is 1.19. The van der Waals surface area contributed by atoms with Crippen LogP contribution in [0.25, 0.3) is 11.5 Å². The summed E-state index contributed by atoms with van der Waals surface area (Å²) in [5, 5.41) is 7.77. The predicted octanol–water partition coefficient (Wildman–Crippen LogP) is 1.14. The second kappa shape index (κ2) is 3.63. The Morgan fingerprint density at radius 2 is 2.29 bits per heavy atom. The van der Waals surface area contributed by atoms with Crippen molar-refractivity contribution in [1.82, 2.24) is 10.2 Å². The van der Waals surface area contributed by atoms with Crippen molar-refractivity contribution in [2.45, 2.75) is 13.3 Å². The van der Waals surface area contributed by atoms with E-state index in [1.165, 1.54) is 0 Å². The highest BCUT2D eigenvalue weighted by Gasteiger charge is 2.11. The minimum Gasteiger partial charge on any atom is -0.469 e. The van der Waals surface area contributed by atoms with E-state index in [2.05, 4.69) is 10.2 Å². The summed E-state index contributed by atoms with van der Waals surface area (Å²) in [5.74, 6) is 1.82. The number of hydrogen-bond acceptors (Lipinski definition) is 5. The van der Waals surface area contributed by atoms with Gasteiger partial charge in [0, 0.05) is 13.0 Å². The molecule has 0 atom stereocenters. The summed E-state index contributed by atoms with van der Waals surface area (Å²) < 4.78 is 10.5. The van der Waals surface area contributed by atoms with Gasteiger partial charge in [-0.05, 0) is 13.0 Å². The Kier molecular flexibility index (Phi) is 2.32. The quantitative estimate of drug-likeness (QED) is 0.790. The minimum absolute atomic E-state index is 0.486. The maximum absolute atomic E-state index is 5.39. The molecule has 0 unspecified atom stereocenters. The lowest BCUT2D eigenvalue weighted by Crippen LogP contribution is -2.02. The Bertz CT molecular complexity index is 419. The summed E-state index contributed by atoms with van der Waals surface area (Å²) in [5.41, 5.74) is 6.21. The molecule has 0 aliphatic rings. The van der Waals surface area contributed by atoms with E-state index >= 15 is 0 Å². The molecule has 0 bridgehead atoms. The number of nitrogens with two attached hydrogens (primary N) is 1. The van der Waals surface area contributed by atoms with Crippen LogP contribution < -0.4 is 5.73 Å². The summed E-state index contributed by atoms with van der Waals surface area (Å²) in [6.45, 7) is 2.36. The fourth-order valence-corrected chi connectivity index (χ4v) is 1.19. The molecule has 2 rings (SSSR count). The zero-order valence-electron chi connectivity index (χ0n) is 7.86. The number of nitrogens with zero attached hydrogens (tertiary/aromatic N) is 2. The maximum Gasteiger partial charge on any atom is 0.251 e. The van der Waals surface area contributed by atoms with Crippen molar-refractivity contribution in [3.8, 4) is 11.5 Å². The van der Waals surface area contributed by atoms with Crippen LogP contribution in [0.15, 0.2) is 21.2 Å². The average Bonchev–Trinajstić information content (AvgIpc) is 2.74. The van der Waals surface area contributed by atoms with Gasteiger partial charge in [-0.3, -0.25) is 0 Å². The monoisotopic (exact) mass is 193 g/mol. The Morgan fingerprint density at radius 1 is 1.43 bits per heavy atom. The van der Waals surface area contributed by atoms with Crippen molar-refractivity contribution < 1.29 is 8.83 Å². The maximum atomic E-state index is 5.39. The standard InChI is InChI=1S/C9H11N3O2/c1-6-7(3-5-13-6)9-12-11-8(14-9)2-4-10/h3,5H,2,4,10H2,1H3. The first kappa shape index (κ1) is 8.96. The van der Waals surface area contributed by atoms with Crippen LogP contribution in [0.1, 0.15) is 11.7 Å². The Hall–Kier alpha value is -1.62. The van der Waals surface area contributed by atoms with Crippen LogP contribution in [-0.2, 0) is 6.42 Å². The molecular formula is C9H11N3O2. The van der Waals surface area contributed by atoms with Crippen LogP contribution in [0.3, 0.4) is 0 Å². The van der Waals surface area contributed by atoms with E-state index in [0.29, 0.717) is 24.7 Å². The van der Waals surface area contributed by atoms with Crippen LogP contribution in [0.5, 0.6) is 0 Å². The van der Waals surface area contributed by atoms with Gasteiger partial charge >= 0.3 is 0 Å². The van der Waals surface area contributed by atoms with Gasteiger partial charge in [0.25, 0.3) is 5.89 Å². The molecule has 0 saturated heterocycles. The zero-order chi connectivity index (χ0) is 9.97. The van der Waals surface area contributed by atoms with Gasteiger partial charge < -0.3 is 14.6 Å². The number of rotatable bonds is 3. The van der Waals surface area contributed by atoms with Crippen molar-refractivity contribution >= 4 is 0 Å². The second-order valence-corrected chi connectivity index (χ2v) is 2.93. The van der Waals surface area contributed by atoms with E-state index in [0.717, 1.165) is 11.3 Å². The number of furan rings is 1. The molecule has 5 heteroatoms. The molecule has 0 amide bonds. The van der Waals surface area contributed by atoms with Crippen LogP contribution in [0.2, 0.25) is 0 Å². The van der Waals surface area contributed by atoms with Crippen molar-refractivity contribution in [1.29, 1.82) is 0 Å². The van der Waals surface area contributed by atoms with Crippen molar-refractivity contribution in [2.24, 2.45) is 5.73 Å². The zero-order valence-corrected chi connectivity index (χ0v) is 7.86. The first-order chi connectivity index (χ1) is 6.81. The highest BCUT2D eigenvalue weighted by molar-refractivity contribution is 5.54. The van der Waals surface area contributed by atoms with Crippen molar-refractivity contribution in [3.05, 3.63) is 24.0 Å². The van der Waals surface area contributed by atoms with Gasteiger partial charge in [0.1, 0.15) is 5.76 Å². The van der Waals surface area contributed by atoms with Gasteiger partial charge in [0.15, 0.2) is 0 Å². The van der Waals surface area contributed by atoms with Crippen LogP contribution in [0, 0.1) is 6.92 Å². The number of aryl methyl sites for hydroxylation is 1. The molecule has 2 N–H and O–H groups in total. The van der Waals surface area contributed by atoms with Crippen molar-refractivity contribution in [3.63, 3.8) is 0 Å². The first-order valence-corrected chi connectivity index (χ1v) is 4.38. The van der Waals surface area contributed by atoms with Crippen molar-refractivity contribution in [2.75, 3.05) is 6.54 Å². The second-order valence-electron chi connectivity index (χ2n) is 2.93. The molecule has 0 saturated carbocycles. The Labute approximate surface area is 80.9 Å². The normalized spacial score (nSPS) is 10.7. The van der Waals surface area contributed by atoms with E-state index in [-0.39, 0.29) is 0 Å². The summed E-state index contributed by atoms with van der Waals surface area (Å²) in [7, 11) is 0. The third-order valence-electron chi connectivity index (χ3n) is 1.91. The molecule has 2 heterocycles. The van der Waals surface area contributed by atoms with Gasteiger partial charge in [-0.1, -0.05) is 0 Å². The molecule has 0 radical (unpaired) electrons. The third-order valence-corrected chi connectivity index (χ3v) is 1.91. The van der Waals surface area contributed by atoms with E-state index in [4.69, 9.17) is 14.6 Å². The minimum atomic E-state index is 0.486. The summed E-state index contributed by atoms with van der Waals surface area (Å²) in [6.07, 6.45) is 2.20. The van der Waals surface area contributed by atoms with Crippen LogP contribution in [0.4, 0.5) is 0 Å². The number of aromatic nitrogens is 2. The largest absolute Gasteiger partial charge is 0.469 e. The molecule has 2 aromatic heterocycles. The van der Waals surface area contributed by atoms with Gasteiger partial charge in [0.05, 0.1) is 11.8 Å². The summed E-state index contributed by atoms with van der Waals surface area (Å²) in [4.78, 5) is 0. The summed E-state index contributed by atoms with van der Waals surface area (Å²) in [6, 6.07) is 1.80. The molecule has 14 heavy (non-hydrogen) atoms. The smallest absolute Gasteiger partial charge is 0.251 e. The van der Waals surface area contributed by atoms with Gasteiger partial charge in [-0.2, -0.15) is 0 Å². The lowest BCUT2D eigenvalue weighted by Gasteiger charge is -1.89. The highest BCUT2D eigenvalue weighted by atomic mass is 16.4. The molecule has 0 aliphatic carbocycles. The molecule has 0 fully saturated rings. The number of hydrogen-bond donors (Lipinski definition) is 1. The molecule has 0 aliphatic heterocycles. The van der Waals surface area contributed by atoms with E-state index < -0.39 is 0 Å². The lowest BCUT2D eigenvalue weighted by atomic mass is 10.3. The SMILES string of the molecule is Cc1occc1-c1nnc(CCN)o1. The molecule has 0 spiro atoms. The van der Waals surface area contributed by atoms with E-state index in [9.17, 15) is 0 Å². The average molecular weight is 193 g/mol. The molecule has 2 aromatic rings. The Morgan fingerprint density at radius 3 is 2.93 bits per heavy atom. The fraction of sp³-hybridized carbons (Fsp3) is 0.333. The highest BCUT2D eigenvalue weighted by Crippen LogP contribution is 2.22. The summed E-state index contributed by atoms with van der Waals surface area (Å²) >= 11 is 0. The molecular weight excluding hydrogens is 182 g/mol. The predicted molar refractivity (Wildman–Crippen MR) is 49.5 cm³/mol. The lowest BCUT2D eigenvalue weighted by molar-refractivity contribution is 0.501. The van der Waals surface area contributed by atoms with E-state index in [1.54, 1.807) is 12.3 Å². The third kappa shape index (κ3) is 1.54. The molecule has 74 valence electrons. The van der Waals surface area contributed by atoms with Crippen LogP contribution >= 0.6 is 0 Å². The first-order valence-electron chi connectivity index (χ1n) is 4.38. The van der Waals surface area contributed by atoms with Gasteiger partial charge in [0.2, 0.25) is 5.89 Å². The Balaban J connectivity index is 2.29. The van der Waals surface area contributed by atoms with Gasteiger partial charge in [-0.25, -0.2) is 0 Å². The van der Waals surface area contributed by atoms with Crippen LogP contribution in [-0.4, -0.2) is 16.7 Å². The van der Waals surface area contributed by atoms with E-state index in [1.807, 2.05) is 6.92 Å². The molecule has 5 nitrogen and oxygen atoms in total. The van der Waals surface area contributed by atoms with Gasteiger partial charge in [-0.15, -0.1) is 10.2 Å².